The molecule has 1 aromatic rings. The molecular weight excluding hydrogens is 246 g/mol. The molecule has 0 amide bonds. The van der Waals surface area contributed by atoms with Gasteiger partial charge in [-0.15, -0.1) is 0 Å². The van der Waals surface area contributed by atoms with Crippen LogP contribution in [0.3, 0.4) is 0 Å². The number of aromatic carboxylic acids is 1. The predicted molar refractivity (Wildman–Crippen MR) is 73.6 cm³/mol. The van der Waals surface area contributed by atoms with Gasteiger partial charge >= 0.3 is 5.97 Å². The summed E-state index contributed by atoms with van der Waals surface area (Å²) in [6.07, 6.45) is 0. The van der Waals surface area contributed by atoms with E-state index in [-0.39, 0.29) is 10.7 Å². The minimum Gasteiger partial charge on any atom is -0.478 e. The number of nitriles is 1. The van der Waals surface area contributed by atoms with Crippen LogP contribution in [0.25, 0.3) is 0 Å². The molecule has 1 atom stereocenters. The van der Waals surface area contributed by atoms with Crippen molar-refractivity contribution in [2.75, 3.05) is 0 Å². The van der Waals surface area contributed by atoms with Gasteiger partial charge in [0, 0.05) is 11.0 Å². The summed E-state index contributed by atoms with van der Waals surface area (Å²) in [5.41, 5.74) is 1.02. The van der Waals surface area contributed by atoms with E-state index >= 15 is 0 Å². The Hall–Kier alpha value is -1.47. The molecule has 96 valence electrons. The normalized spacial score (nSPS) is 12.8. The van der Waals surface area contributed by atoms with Gasteiger partial charge in [-0.25, -0.2) is 4.79 Å². The van der Waals surface area contributed by atoms with E-state index in [1.54, 1.807) is 23.9 Å². The van der Waals surface area contributed by atoms with Gasteiger partial charge in [0.1, 0.15) is 0 Å². The number of hydrogen-bond acceptors (Lipinski definition) is 3. The Morgan fingerprint density at radius 1 is 1.44 bits per heavy atom. The fourth-order valence-electron chi connectivity index (χ4n) is 1.26. The van der Waals surface area contributed by atoms with Crippen LogP contribution >= 0.6 is 11.8 Å². The zero-order valence-corrected chi connectivity index (χ0v) is 11.6. The number of hydrogen-bond donors (Lipinski definition) is 1. The lowest BCUT2D eigenvalue weighted by Gasteiger charge is -2.23. The zero-order valence-electron chi connectivity index (χ0n) is 10.8. The second-order valence-corrected chi connectivity index (χ2v) is 6.12. The monoisotopic (exact) mass is 263 g/mol. The van der Waals surface area contributed by atoms with E-state index in [0.717, 1.165) is 11.3 Å². The highest BCUT2D eigenvalue weighted by molar-refractivity contribution is 7.99. The van der Waals surface area contributed by atoms with Crippen molar-refractivity contribution in [2.45, 2.75) is 31.8 Å². The topological polar surface area (TPSA) is 61.1 Å². The van der Waals surface area contributed by atoms with E-state index in [0.29, 0.717) is 5.56 Å². The zero-order chi connectivity index (χ0) is 13.8. The highest BCUT2D eigenvalue weighted by Gasteiger charge is 2.25. The average Bonchev–Trinajstić information content (AvgIpc) is 2.36. The van der Waals surface area contributed by atoms with Crippen molar-refractivity contribution in [3.8, 4) is 6.07 Å². The number of thioether (sulfide) groups is 1. The molecule has 1 unspecified atom stereocenters. The van der Waals surface area contributed by atoms with Crippen molar-refractivity contribution in [3.63, 3.8) is 0 Å². The summed E-state index contributed by atoms with van der Waals surface area (Å²) in [5, 5.41) is 18.0. The molecule has 0 radical (unpaired) electrons. The molecule has 18 heavy (non-hydrogen) atoms. The maximum Gasteiger partial charge on any atom is 0.335 e. The summed E-state index contributed by atoms with van der Waals surface area (Å²) < 4.78 is 0. The van der Waals surface area contributed by atoms with Crippen molar-refractivity contribution < 1.29 is 9.90 Å². The van der Waals surface area contributed by atoms with Crippen LogP contribution in [0.5, 0.6) is 0 Å². The first kappa shape index (κ1) is 14.6. The van der Waals surface area contributed by atoms with E-state index in [9.17, 15) is 4.79 Å². The second kappa shape index (κ2) is 5.92. The standard InChI is InChI=1S/C14H17NO2S/c1-10(14(2,3)9-15)18-8-11-4-6-12(7-5-11)13(16)17/h4-7,10H,8H2,1-3H3,(H,16,17). The molecule has 0 heterocycles. The number of benzene rings is 1. The summed E-state index contributed by atoms with van der Waals surface area (Å²) in [5.74, 6) is -0.125. The third-order valence-electron chi connectivity index (χ3n) is 3.01. The molecule has 0 fully saturated rings. The average molecular weight is 263 g/mol. The largest absolute Gasteiger partial charge is 0.478 e. The maximum absolute atomic E-state index is 10.7. The van der Waals surface area contributed by atoms with Crippen molar-refractivity contribution in [3.05, 3.63) is 35.4 Å². The quantitative estimate of drug-likeness (QED) is 0.882. The van der Waals surface area contributed by atoms with Gasteiger partial charge in [-0.2, -0.15) is 17.0 Å². The van der Waals surface area contributed by atoms with Gasteiger partial charge in [-0.3, -0.25) is 0 Å². The number of carboxylic acids is 1. The maximum atomic E-state index is 10.7. The molecule has 1 N–H and O–H groups in total. The van der Waals surface area contributed by atoms with Gasteiger partial charge < -0.3 is 5.11 Å². The fraction of sp³-hybridized carbons (Fsp3) is 0.429. The Kier molecular flexibility index (Phi) is 4.80. The molecule has 1 rings (SSSR count). The van der Waals surface area contributed by atoms with Gasteiger partial charge in [0.25, 0.3) is 0 Å². The molecular formula is C14H17NO2S. The molecule has 0 aromatic heterocycles. The lowest BCUT2D eigenvalue weighted by molar-refractivity contribution is 0.0697. The van der Waals surface area contributed by atoms with Crippen molar-refractivity contribution in [1.29, 1.82) is 5.26 Å². The minimum absolute atomic E-state index is 0.224. The molecule has 0 aliphatic rings. The Bertz CT molecular complexity index is 460. The van der Waals surface area contributed by atoms with E-state index in [2.05, 4.69) is 6.07 Å². The third kappa shape index (κ3) is 3.78. The van der Waals surface area contributed by atoms with E-state index in [4.69, 9.17) is 10.4 Å². The lowest BCUT2D eigenvalue weighted by Crippen LogP contribution is -2.21. The van der Waals surface area contributed by atoms with Gasteiger partial charge in [-0.1, -0.05) is 19.1 Å². The highest BCUT2D eigenvalue weighted by atomic mass is 32.2. The molecule has 0 saturated heterocycles. The molecule has 0 bridgehead atoms. The first-order valence-corrected chi connectivity index (χ1v) is 6.77. The van der Waals surface area contributed by atoms with Gasteiger partial charge in [0.05, 0.1) is 17.0 Å². The Balaban J connectivity index is 2.60. The van der Waals surface area contributed by atoms with Crippen LogP contribution in [0.1, 0.15) is 36.7 Å². The van der Waals surface area contributed by atoms with Gasteiger partial charge in [-0.05, 0) is 31.5 Å². The first-order valence-electron chi connectivity index (χ1n) is 5.72. The van der Waals surface area contributed by atoms with Crippen LogP contribution in [0.4, 0.5) is 0 Å². The van der Waals surface area contributed by atoms with Crippen LogP contribution in [0, 0.1) is 16.7 Å². The van der Waals surface area contributed by atoms with E-state index in [1.807, 2.05) is 32.9 Å². The fourth-order valence-corrected chi connectivity index (χ4v) is 2.37. The number of nitrogens with zero attached hydrogens (tertiary/aromatic N) is 1. The van der Waals surface area contributed by atoms with E-state index < -0.39 is 5.97 Å². The molecule has 0 spiro atoms. The minimum atomic E-state index is -0.909. The van der Waals surface area contributed by atoms with Crippen LogP contribution in [0.15, 0.2) is 24.3 Å². The number of carbonyl (C=O) groups is 1. The summed E-state index contributed by atoms with van der Waals surface area (Å²) in [7, 11) is 0. The van der Waals surface area contributed by atoms with Crippen molar-refractivity contribution in [2.24, 2.45) is 5.41 Å². The van der Waals surface area contributed by atoms with Crippen LogP contribution < -0.4 is 0 Å². The predicted octanol–water partition coefficient (Wildman–Crippen LogP) is 3.56. The highest BCUT2D eigenvalue weighted by Crippen LogP contribution is 2.31. The van der Waals surface area contributed by atoms with Gasteiger partial charge in [0.2, 0.25) is 0 Å². The molecule has 0 saturated carbocycles. The SMILES string of the molecule is CC(SCc1ccc(C(=O)O)cc1)C(C)(C)C#N. The van der Waals surface area contributed by atoms with Crippen LogP contribution in [0.2, 0.25) is 0 Å². The third-order valence-corrected chi connectivity index (χ3v) is 4.59. The Labute approximate surface area is 112 Å². The summed E-state index contributed by atoms with van der Waals surface area (Å²) in [6.45, 7) is 5.90. The van der Waals surface area contributed by atoms with Gasteiger partial charge in [0.15, 0.2) is 0 Å². The number of rotatable bonds is 5. The van der Waals surface area contributed by atoms with E-state index in [1.165, 1.54) is 0 Å². The molecule has 4 heteroatoms. The van der Waals surface area contributed by atoms with Crippen LogP contribution in [-0.2, 0) is 5.75 Å². The van der Waals surface area contributed by atoms with Crippen molar-refractivity contribution >= 4 is 17.7 Å². The summed E-state index contributed by atoms with van der Waals surface area (Å²) in [4.78, 5) is 10.7. The Morgan fingerprint density at radius 2 is 2.00 bits per heavy atom. The van der Waals surface area contributed by atoms with Crippen molar-refractivity contribution in [1.82, 2.24) is 0 Å². The summed E-state index contributed by atoms with van der Waals surface area (Å²) >= 11 is 1.71. The second-order valence-electron chi connectivity index (χ2n) is 4.79. The lowest BCUT2D eigenvalue weighted by atomic mass is 9.92. The first-order chi connectivity index (χ1) is 8.36. The Morgan fingerprint density at radius 3 is 2.44 bits per heavy atom. The molecule has 1 aromatic carbocycles. The molecule has 0 aliphatic carbocycles. The number of carboxylic acid groups (broad SMARTS) is 1. The smallest absolute Gasteiger partial charge is 0.335 e. The molecule has 0 aliphatic heterocycles. The molecule has 3 nitrogen and oxygen atoms in total. The van der Waals surface area contributed by atoms with Crippen LogP contribution in [-0.4, -0.2) is 16.3 Å². The summed E-state index contributed by atoms with van der Waals surface area (Å²) in [6, 6.07) is 9.17.